The summed E-state index contributed by atoms with van der Waals surface area (Å²) in [4.78, 5) is 15.6. The van der Waals surface area contributed by atoms with E-state index in [0.29, 0.717) is 19.5 Å². The van der Waals surface area contributed by atoms with Crippen molar-refractivity contribution in [2.45, 2.75) is 32.4 Å². The van der Waals surface area contributed by atoms with Crippen LogP contribution in [0.1, 0.15) is 20.3 Å². The van der Waals surface area contributed by atoms with Gasteiger partial charge in [-0.25, -0.2) is 0 Å². The van der Waals surface area contributed by atoms with Gasteiger partial charge in [0, 0.05) is 12.6 Å². The van der Waals surface area contributed by atoms with E-state index in [4.69, 9.17) is 0 Å². The van der Waals surface area contributed by atoms with Crippen molar-refractivity contribution in [1.82, 2.24) is 9.80 Å². The van der Waals surface area contributed by atoms with Crippen LogP contribution in [-0.2, 0) is 4.79 Å². The summed E-state index contributed by atoms with van der Waals surface area (Å²) in [5.74, 6) is 0.346. The third-order valence-corrected chi connectivity index (χ3v) is 3.03. The second-order valence-electron chi connectivity index (χ2n) is 4.91. The summed E-state index contributed by atoms with van der Waals surface area (Å²) >= 11 is 0. The fourth-order valence-electron chi connectivity index (χ4n) is 2.03. The molecule has 0 spiro atoms. The third-order valence-electron chi connectivity index (χ3n) is 3.03. The SMILES string of the molecule is CC1CN(C(=O)CN(C)C)C(C)CC1O. The first-order valence-electron chi connectivity index (χ1n) is 5.54. The van der Waals surface area contributed by atoms with E-state index < -0.39 is 0 Å². The van der Waals surface area contributed by atoms with Gasteiger partial charge in [0.25, 0.3) is 0 Å². The van der Waals surface area contributed by atoms with E-state index in [1.807, 2.05) is 37.7 Å². The van der Waals surface area contributed by atoms with Gasteiger partial charge in [-0.2, -0.15) is 0 Å². The van der Waals surface area contributed by atoms with Gasteiger partial charge in [-0.3, -0.25) is 4.79 Å². The Balaban J connectivity index is 2.57. The quantitative estimate of drug-likeness (QED) is 0.712. The van der Waals surface area contributed by atoms with Crippen molar-refractivity contribution >= 4 is 5.91 Å². The van der Waals surface area contributed by atoms with Crippen molar-refractivity contribution in [2.75, 3.05) is 27.2 Å². The molecule has 1 fully saturated rings. The van der Waals surface area contributed by atoms with Crippen molar-refractivity contribution in [3.8, 4) is 0 Å². The lowest BCUT2D eigenvalue weighted by Crippen LogP contribution is -2.52. The Hall–Kier alpha value is -0.610. The predicted molar refractivity (Wildman–Crippen MR) is 59.5 cm³/mol. The Morgan fingerprint density at radius 3 is 2.60 bits per heavy atom. The Kier molecular flexibility index (Phi) is 4.11. The lowest BCUT2D eigenvalue weighted by molar-refractivity contribution is -0.138. The predicted octanol–water partition coefficient (Wildman–Crippen LogP) is 0.166. The van der Waals surface area contributed by atoms with Crippen LogP contribution in [0, 0.1) is 5.92 Å². The molecule has 88 valence electrons. The molecule has 1 rings (SSSR count). The molecular formula is C11H22N2O2. The number of likely N-dealkylation sites (tertiary alicyclic amines) is 1. The first-order valence-corrected chi connectivity index (χ1v) is 5.54. The molecule has 15 heavy (non-hydrogen) atoms. The van der Waals surface area contributed by atoms with Crippen molar-refractivity contribution in [3.05, 3.63) is 0 Å². The van der Waals surface area contributed by atoms with Crippen molar-refractivity contribution in [2.24, 2.45) is 5.92 Å². The van der Waals surface area contributed by atoms with E-state index >= 15 is 0 Å². The van der Waals surface area contributed by atoms with Gasteiger partial charge in [-0.15, -0.1) is 0 Å². The smallest absolute Gasteiger partial charge is 0.236 e. The van der Waals surface area contributed by atoms with Gasteiger partial charge in [0.15, 0.2) is 0 Å². The van der Waals surface area contributed by atoms with E-state index in [1.54, 1.807) is 0 Å². The molecule has 1 heterocycles. The van der Waals surface area contributed by atoms with Crippen LogP contribution in [0.5, 0.6) is 0 Å². The summed E-state index contributed by atoms with van der Waals surface area (Å²) in [6.45, 7) is 5.12. The summed E-state index contributed by atoms with van der Waals surface area (Å²) < 4.78 is 0. The number of carbonyl (C=O) groups excluding carboxylic acids is 1. The largest absolute Gasteiger partial charge is 0.393 e. The fourth-order valence-corrected chi connectivity index (χ4v) is 2.03. The third kappa shape index (κ3) is 3.18. The molecule has 1 N–H and O–H groups in total. The molecule has 4 heteroatoms. The summed E-state index contributed by atoms with van der Waals surface area (Å²) in [5, 5.41) is 9.68. The molecule has 0 aliphatic carbocycles. The maximum Gasteiger partial charge on any atom is 0.236 e. The first-order chi connectivity index (χ1) is 6.91. The van der Waals surface area contributed by atoms with Crippen LogP contribution < -0.4 is 0 Å². The van der Waals surface area contributed by atoms with Crippen LogP contribution in [0.2, 0.25) is 0 Å². The highest BCUT2D eigenvalue weighted by molar-refractivity contribution is 5.78. The normalized spacial score (nSPS) is 32.1. The van der Waals surface area contributed by atoms with Gasteiger partial charge in [0.2, 0.25) is 5.91 Å². The molecule has 1 amide bonds. The number of hydrogen-bond acceptors (Lipinski definition) is 3. The molecule has 0 aromatic heterocycles. The Bertz CT molecular complexity index is 231. The van der Waals surface area contributed by atoms with E-state index in [9.17, 15) is 9.90 Å². The number of rotatable bonds is 2. The number of piperidine rings is 1. The number of nitrogens with zero attached hydrogens (tertiary/aromatic N) is 2. The van der Waals surface area contributed by atoms with E-state index in [2.05, 4.69) is 0 Å². The van der Waals surface area contributed by atoms with Crippen LogP contribution in [0.15, 0.2) is 0 Å². The van der Waals surface area contributed by atoms with Crippen LogP contribution in [-0.4, -0.2) is 60.1 Å². The Morgan fingerprint density at radius 1 is 1.47 bits per heavy atom. The van der Waals surface area contributed by atoms with Crippen molar-refractivity contribution < 1.29 is 9.90 Å². The number of aliphatic hydroxyl groups is 1. The average Bonchev–Trinajstić information content (AvgIpc) is 2.09. The Labute approximate surface area is 91.9 Å². The van der Waals surface area contributed by atoms with Crippen molar-refractivity contribution in [3.63, 3.8) is 0 Å². The lowest BCUT2D eigenvalue weighted by atomic mass is 9.92. The molecular weight excluding hydrogens is 192 g/mol. The standard InChI is InChI=1S/C11H22N2O2/c1-8-6-13(9(2)5-10(8)14)11(15)7-12(3)4/h8-10,14H,5-7H2,1-4H3. The molecule has 1 aliphatic heterocycles. The van der Waals surface area contributed by atoms with Gasteiger partial charge in [0.1, 0.15) is 0 Å². The van der Waals surface area contributed by atoms with Crippen LogP contribution >= 0.6 is 0 Å². The number of amides is 1. The second kappa shape index (κ2) is 4.94. The summed E-state index contributed by atoms with van der Waals surface area (Å²) in [5.41, 5.74) is 0. The number of likely N-dealkylation sites (N-methyl/N-ethyl adjacent to an activating group) is 1. The van der Waals surface area contributed by atoms with Gasteiger partial charge < -0.3 is 14.9 Å². The summed E-state index contributed by atoms with van der Waals surface area (Å²) in [6, 6.07) is 0.156. The second-order valence-corrected chi connectivity index (χ2v) is 4.91. The van der Waals surface area contributed by atoms with Crippen molar-refractivity contribution in [1.29, 1.82) is 0 Å². The number of hydrogen-bond donors (Lipinski definition) is 1. The molecule has 1 aliphatic rings. The minimum Gasteiger partial charge on any atom is -0.393 e. The molecule has 1 saturated heterocycles. The van der Waals surface area contributed by atoms with Gasteiger partial charge >= 0.3 is 0 Å². The minimum atomic E-state index is -0.261. The zero-order chi connectivity index (χ0) is 11.6. The summed E-state index contributed by atoms with van der Waals surface area (Å²) in [7, 11) is 3.79. The van der Waals surface area contributed by atoms with E-state index in [0.717, 1.165) is 0 Å². The lowest BCUT2D eigenvalue weighted by Gasteiger charge is -2.40. The molecule has 0 bridgehead atoms. The fraction of sp³-hybridized carbons (Fsp3) is 0.909. The molecule has 3 unspecified atom stereocenters. The zero-order valence-corrected chi connectivity index (χ0v) is 10.1. The van der Waals surface area contributed by atoms with Gasteiger partial charge in [-0.1, -0.05) is 6.92 Å². The van der Waals surface area contributed by atoms with Crippen LogP contribution in [0.4, 0.5) is 0 Å². The molecule has 0 aromatic rings. The van der Waals surface area contributed by atoms with Gasteiger partial charge in [0.05, 0.1) is 12.6 Å². The zero-order valence-electron chi connectivity index (χ0n) is 10.1. The highest BCUT2D eigenvalue weighted by Crippen LogP contribution is 2.22. The monoisotopic (exact) mass is 214 g/mol. The minimum absolute atomic E-state index is 0.156. The maximum atomic E-state index is 11.9. The number of carbonyl (C=O) groups is 1. The molecule has 0 radical (unpaired) electrons. The highest BCUT2D eigenvalue weighted by atomic mass is 16.3. The van der Waals surface area contributed by atoms with Crippen LogP contribution in [0.3, 0.4) is 0 Å². The molecule has 3 atom stereocenters. The molecule has 0 aromatic carbocycles. The first kappa shape index (κ1) is 12.5. The molecule has 0 saturated carbocycles. The van der Waals surface area contributed by atoms with Gasteiger partial charge in [-0.05, 0) is 33.4 Å². The van der Waals surface area contributed by atoms with E-state index in [1.165, 1.54) is 0 Å². The van der Waals surface area contributed by atoms with E-state index in [-0.39, 0.29) is 24.0 Å². The number of aliphatic hydroxyl groups excluding tert-OH is 1. The average molecular weight is 214 g/mol. The highest BCUT2D eigenvalue weighted by Gasteiger charge is 2.32. The Morgan fingerprint density at radius 2 is 2.07 bits per heavy atom. The maximum absolute atomic E-state index is 11.9. The topological polar surface area (TPSA) is 43.8 Å². The summed E-state index contributed by atoms with van der Waals surface area (Å²) in [6.07, 6.45) is 0.434. The van der Waals surface area contributed by atoms with Crippen LogP contribution in [0.25, 0.3) is 0 Å². The molecule has 4 nitrogen and oxygen atoms in total.